The third kappa shape index (κ3) is 5.30. The molecule has 2 aliphatic rings. The van der Waals surface area contributed by atoms with Crippen LogP contribution in [0.25, 0.3) is 0 Å². The monoisotopic (exact) mass is 464 g/mol. The van der Waals surface area contributed by atoms with Crippen molar-refractivity contribution in [3.63, 3.8) is 0 Å². The topological polar surface area (TPSA) is 68.2 Å². The standard InChI is InChI=1S/C26H28N2O4S/c1-17(2)15-32-25(30)23-18(3)27-26-28(22(29)13-14-33-26)24(23)20-9-11-21(12-10-20)31-16-19-7-5-4-6-8-19/h4-12,17,24H,13-16H2,1-3H3. The van der Waals surface area contributed by atoms with E-state index in [-0.39, 0.29) is 11.8 Å². The van der Waals surface area contributed by atoms with Crippen LogP contribution in [0, 0.1) is 5.92 Å². The van der Waals surface area contributed by atoms with Gasteiger partial charge in [-0.2, -0.15) is 0 Å². The van der Waals surface area contributed by atoms with Crippen molar-refractivity contribution in [2.45, 2.75) is 39.8 Å². The number of fused-ring (bicyclic) bond motifs is 1. The van der Waals surface area contributed by atoms with Crippen LogP contribution in [0.1, 0.15) is 44.4 Å². The van der Waals surface area contributed by atoms with Gasteiger partial charge < -0.3 is 9.47 Å². The predicted molar refractivity (Wildman–Crippen MR) is 130 cm³/mol. The molecular formula is C26H28N2O4S. The van der Waals surface area contributed by atoms with Gasteiger partial charge in [0.1, 0.15) is 12.4 Å². The Morgan fingerprint density at radius 1 is 1.15 bits per heavy atom. The van der Waals surface area contributed by atoms with Crippen LogP contribution in [0.4, 0.5) is 0 Å². The van der Waals surface area contributed by atoms with Crippen LogP contribution < -0.4 is 4.74 Å². The molecule has 172 valence electrons. The molecule has 0 bridgehead atoms. The predicted octanol–water partition coefficient (Wildman–Crippen LogP) is 5.12. The first-order valence-electron chi connectivity index (χ1n) is 11.1. The summed E-state index contributed by atoms with van der Waals surface area (Å²) in [7, 11) is 0. The summed E-state index contributed by atoms with van der Waals surface area (Å²) in [6.45, 7) is 6.56. The lowest BCUT2D eigenvalue weighted by Crippen LogP contribution is -2.45. The van der Waals surface area contributed by atoms with Gasteiger partial charge in [0.2, 0.25) is 5.91 Å². The fourth-order valence-corrected chi connectivity index (χ4v) is 4.79. The lowest BCUT2D eigenvalue weighted by Gasteiger charge is -2.39. The highest BCUT2D eigenvalue weighted by atomic mass is 32.2. The van der Waals surface area contributed by atoms with Gasteiger partial charge in [0.15, 0.2) is 5.17 Å². The Hall–Kier alpha value is -3.06. The minimum Gasteiger partial charge on any atom is -0.489 e. The van der Waals surface area contributed by atoms with E-state index >= 15 is 0 Å². The van der Waals surface area contributed by atoms with Crippen LogP contribution in [-0.2, 0) is 20.9 Å². The second-order valence-corrected chi connectivity index (χ2v) is 9.56. The second kappa shape index (κ2) is 10.3. The Bertz CT molecular complexity index is 1080. The molecule has 0 N–H and O–H groups in total. The summed E-state index contributed by atoms with van der Waals surface area (Å²) < 4.78 is 11.5. The zero-order valence-corrected chi connectivity index (χ0v) is 19.9. The van der Waals surface area contributed by atoms with Gasteiger partial charge >= 0.3 is 5.97 Å². The Kier molecular flexibility index (Phi) is 7.18. The van der Waals surface area contributed by atoms with E-state index in [0.717, 1.165) is 16.9 Å². The van der Waals surface area contributed by atoms with Crippen molar-refractivity contribution in [1.82, 2.24) is 4.90 Å². The maximum absolute atomic E-state index is 13.1. The van der Waals surface area contributed by atoms with E-state index in [4.69, 9.17) is 9.47 Å². The Morgan fingerprint density at radius 3 is 2.58 bits per heavy atom. The van der Waals surface area contributed by atoms with Gasteiger partial charge in [-0.25, -0.2) is 9.79 Å². The Balaban J connectivity index is 1.62. The lowest BCUT2D eigenvalue weighted by molar-refractivity contribution is -0.141. The first kappa shape index (κ1) is 23.1. The van der Waals surface area contributed by atoms with Gasteiger partial charge in [-0.1, -0.05) is 68.1 Å². The normalized spacial score (nSPS) is 18.2. The van der Waals surface area contributed by atoms with Crippen molar-refractivity contribution in [3.05, 3.63) is 77.0 Å². The van der Waals surface area contributed by atoms with Crippen LogP contribution >= 0.6 is 11.8 Å². The number of thioether (sulfide) groups is 1. The molecule has 2 aromatic carbocycles. The van der Waals surface area contributed by atoms with Crippen molar-refractivity contribution in [2.75, 3.05) is 12.4 Å². The molecule has 1 unspecified atom stereocenters. The summed E-state index contributed by atoms with van der Waals surface area (Å²) in [5.74, 6) is 1.15. The SMILES string of the molecule is CC1=C(C(=O)OCC(C)C)C(c2ccc(OCc3ccccc3)cc2)N2C(=O)CCSC2=N1. The van der Waals surface area contributed by atoms with E-state index in [1.807, 2.05) is 68.4 Å². The van der Waals surface area contributed by atoms with Gasteiger partial charge in [0, 0.05) is 12.2 Å². The van der Waals surface area contributed by atoms with Crippen molar-refractivity contribution < 1.29 is 19.1 Å². The van der Waals surface area contributed by atoms with E-state index in [9.17, 15) is 9.59 Å². The minimum absolute atomic E-state index is 0.0384. The van der Waals surface area contributed by atoms with Gasteiger partial charge in [-0.05, 0) is 36.1 Å². The summed E-state index contributed by atoms with van der Waals surface area (Å²) >= 11 is 1.54. The number of esters is 1. The van der Waals surface area contributed by atoms with E-state index in [0.29, 0.717) is 41.8 Å². The molecule has 1 amide bonds. The molecule has 0 aliphatic carbocycles. The highest BCUT2D eigenvalue weighted by Gasteiger charge is 2.41. The molecule has 1 atom stereocenters. The van der Waals surface area contributed by atoms with Crippen molar-refractivity contribution >= 4 is 28.8 Å². The van der Waals surface area contributed by atoms with E-state index in [1.165, 1.54) is 11.8 Å². The largest absolute Gasteiger partial charge is 0.489 e. The summed E-state index contributed by atoms with van der Waals surface area (Å²) in [5, 5.41) is 0.638. The highest BCUT2D eigenvalue weighted by molar-refractivity contribution is 8.14. The molecule has 0 saturated carbocycles. The summed E-state index contributed by atoms with van der Waals surface area (Å²) in [6.07, 6.45) is 0.409. The van der Waals surface area contributed by atoms with Gasteiger partial charge in [0.05, 0.1) is 23.9 Å². The number of hydrogen-bond donors (Lipinski definition) is 0. The van der Waals surface area contributed by atoms with Gasteiger partial charge in [-0.3, -0.25) is 9.69 Å². The molecule has 2 aromatic rings. The maximum atomic E-state index is 13.1. The first-order chi connectivity index (χ1) is 15.9. The average molecular weight is 465 g/mol. The lowest BCUT2D eigenvalue weighted by atomic mass is 9.94. The number of amides is 1. The number of allylic oxidation sites excluding steroid dienone is 1. The van der Waals surface area contributed by atoms with E-state index in [1.54, 1.807) is 11.8 Å². The Morgan fingerprint density at radius 2 is 1.88 bits per heavy atom. The third-order valence-corrected chi connectivity index (χ3v) is 6.37. The van der Waals surface area contributed by atoms with E-state index in [2.05, 4.69) is 4.99 Å². The van der Waals surface area contributed by atoms with Crippen molar-refractivity contribution in [3.8, 4) is 5.75 Å². The van der Waals surface area contributed by atoms with Gasteiger partial charge in [-0.15, -0.1) is 0 Å². The quantitative estimate of drug-likeness (QED) is 0.533. The molecule has 6 nitrogen and oxygen atoms in total. The van der Waals surface area contributed by atoms with Crippen molar-refractivity contribution in [2.24, 2.45) is 10.9 Å². The van der Waals surface area contributed by atoms with Crippen molar-refractivity contribution in [1.29, 1.82) is 0 Å². The van der Waals surface area contributed by atoms with Crippen LogP contribution in [0.3, 0.4) is 0 Å². The number of carbonyl (C=O) groups is 2. The second-order valence-electron chi connectivity index (χ2n) is 8.49. The van der Waals surface area contributed by atoms with Crippen LogP contribution in [-0.4, -0.2) is 34.3 Å². The Labute approximate surface area is 198 Å². The molecular weight excluding hydrogens is 436 g/mol. The molecule has 2 aliphatic heterocycles. The highest BCUT2D eigenvalue weighted by Crippen LogP contribution is 2.40. The van der Waals surface area contributed by atoms with E-state index < -0.39 is 12.0 Å². The molecule has 33 heavy (non-hydrogen) atoms. The number of amidine groups is 1. The molecule has 2 heterocycles. The number of rotatable bonds is 7. The summed E-state index contributed by atoms with van der Waals surface area (Å²) in [4.78, 5) is 32.2. The third-order valence-electron chi connectivity index (χ3n) is 5.42. The average Bonchev–Trinajstić information content (AvgIpc) is 2.81. The first-order valence-corrected chi connectivity index (χ1v) is 12.1. The molecule has 0 aromatic heterocycles. The molecule has 1 fully saturated rings. The number of aliphatic imine (C=N–C) groups is 1. The summed E-state index contributed by atoms with van der Waals surface area (Å²) in [6, 6.07) is 16.9. The van der Waals surface area contributed by atoms with Crippen LogP contribution in [0.2, 0.25) is 0 Å². The fraction of sp³-hybridized carbons (Fsp3) is 0.346. The number of nitrogens with zero attached hydrogens (tertiary/aromatic N) is 2. The number of benzene rings is 2. The maximum Gasteiger partial charge on any atom is 0.338 e. The minimum atomic E-state index is -0.569. The zero-order chi connectivity index (χ0) is 23.4. The molecule has 0 spiro atoms. The van der Waals surface area contributed by atoms with Crippen LogP contribution in [0.5, 0.6) is 5.75 Å². The summed E-state index contributed by atoms with van der Waals surface area (Å²) in [5.41, 5.74) is 2.90. The number of hydrogen-bond acceptors (Lipinski definition) is 6. The fourth-order valence-electron chi connectivity index (χ4n) is 3.78. The number of ether oxygens (including phenoxy) is 2. The van der Waals surface area contributed by atoms with Crippen LogP contribution in [0.15, 0.2) is 70.9 Å². The molecule has 7 heteroatoms. The molecule has 0 radical (unpaired) electrons. The molecule has 1 saturated heterocycles. The number of carbonyl (C=O) groups excluding carboxylic acids is 2. The zero-order valence-electron chi connectivity index (χ0n) is 19.1. The van der Waals surface area contributed by atoms with Gasteiger partial charge in [0.25, 0.3) is 0 Å². The smallest absolute Gasteiger partial charge is 0.338 e. The molecule has 4 rings (SSSR count).